The Morgan fingerprint density at radius 2 is 1.79 bits per heavy atom. The Morgan fingerprint density at radius 3 is 2.35 bits per heavy atom. The number of alkyl carbamates (subject to hydrolysis) is 1. The highest BCUT2D eigenvalue weighted by molar-refractivity contribution is 6.74. The molecule has 0 saturated carbocycles. The molecule has 4 atom stereocenters. The third-order valence-electron chi connectivity index (χ3n) is 8.71. The molecule has 0 bridgehead atoms. The van der Waals surface area contributed by atoms with Gasteiger partial charge in [-0.3, -0.25) is 14.4 Å². The smallest absolute Gasteiger partial charge is 0.408 e. The van der Waals surface area contributed by atoms with Crippen LogP contribution in [0, 0.1) is 5.92 Å². The molecule has 1 aromatic rings. The van der Waals surface area contributed by atoms with Gasteiger partial charge in [-0.25, -0.2) is 4.79 Å². The van der Waals surface area contributed by atoms with Crippen molar-refractivity contribution in [2.24, 2.45) is 5.92 Å². The molecule has 4 N–H and O–H groups in total. The first kappa shape index (κ1) is 40.5. The van der Waals surface area contributed by atoms with Crippen molar-refractivity contribution in [3.05, 3.63) is 54.6 Å². The molecule has 0 aliphatic carbocycles. The van der Waals surface area contributed by atoms with E-state index in [4.69, 9.17) is 9.16 Å². The summed E-state index contributed by atoms with van der Waals surface area (Å²) in [6.07, 6.45) is 5.61. The molecule has 0 spiro atoms. The molecular weight excluding hydrogens is 629 g/mol. The Balaban J connectivity index is 2.50. The van der Waals surface area contributed by atoms with Crippen molar-refractivity contribution in [3.63, 3.8) is 0 Å². The van der Waals surface area contributed by atoms with E-state index in [1.54, 1.807) is 51.7 Å². The van der Waals surface area contributed by atoms with Crippen molar-refractivity contribution in [3.8, 4) is 5.75 Å². The lowest BCUT2D eigenvalue weighted by Crippen LogP contribution is -2.65. The number of nitrogens with zero attached hydrogens (tertiary/aromatic N) is 1. The standard InChI is InChI=1S/C36H58N4O7Si/c1-12-13-14-15-19-28-30(33(43)44)37-20-21-40(28)32(42)27(38-31(41)29(24(2)3)39-34(45)46-35(4,5)6)23-25-17-16-18-26(22-25)47-48(10,11)36(7,8)9/h12-14,16-18,22,24,27-30,37H,1,15,19-21,23H2,2-11H3,(H,38,41)(H,39,45)(H,43,44)/b14-13+/t27-,28-,29-,30?/m0/s1. The summed E-state index contributed by atoms with van der Waals surface area (Å²) in [5.41, 5.74) is -0.00170. The zero-order chi connectivity index (χ0) is 36.4. The maximum absolute atomic E-state index is 14.5. The van der Waals surface area contributed by atoms with E-state index in [0.29, 0.717) is 18.6 Å². The predicted molar refractivity (Wildman–Crippen MR) is 191 cm³/mol. The van der Waals surface area contributed by atoms with Gasteiger partial charge >= 0.3 is 12.1 Å². The van der Waals surface area contributed by atoms with E-state index in [1.165, 1.54) is 0 Å². The quantitative estimate of drug-likeness (QED) is 0.150. The number of nitrogens with one attached hydrogen (secondary N) is 3. The van der Waals surface area contributed by atoms with E-state index in [1.807, 2.05) is 30.3 Å². The van der Waals surface area contributed by atoms with Gasteiger partial charge in [-0.05, 0) is 75.4 Å². The number of aliphatic carboxylic acids is 1. The van der Waals surface area contributed by atoms with E-state index in [0.717, 1.165) is 5.56 Å². The second-order valence-electron chi connectivity index (χ2n) is 15.3. The van der Waals surface area contributed by atoms with Crippen molar-refractivity contribution in [1.29, 1.82) is 0 Å². The molecule has 1 aromatic carbocycles. The van der Waals surface area contributed by atoms with Gasteiger partial charge in [0.15, 0.2) is 0 Å². The van der Waals surface area contributed by atoms with Crippen molar-refractivity contribution in [2.75, 3.05) is 13.1 Å². The lowest BCUT2D eigenvalue weighted by molar-refractivity contribution is -0.148. The second kappa shape index (κ2) is 17.1. The minimum absolute atomic E-state index is 0.0265. The molecule has 3 amide bonds. The van der Waals surface area contributed by atoms with Gasteiger partial charge < -0.3 is 35.1 Å². The Labute approximate surface area is 288 Å². The van der Waals surface area contributed by atoms with Crippen molar-refractivity contribution in [1.82, 2.24) is 20.9 Å². The number of hydrogen-bond acceptors (Lipinski definition) is 7. The Kier molecular flexibility index (Phi) is 14.5. The number of amides is 3. The molecule has 48 heavy (non-hydrogen) atoms. The average molecular weight is 687 g/mol. The summed E-state index contributed by atoms with van der Waals surface area (Å²) < 4.78 is 11.9. The van der Waals surface area contributed by atoms with Crippen LogP contribution < -0.4 is 20.4 Å². The van der Waals surface area contributed by atoms with Crippen LogP contribution in [0.2, 0.25) is 18.1 Å². The number of carboxylic acid groups (broad SMARTS) is 1. The van der Waals surface area contributed by atoms with Crippen LogP contribution in [0.15, 0.2) is 49.1 Å². The highest BCUT2D eigenvalue weighted by atomic mass is 28.4. The number of hydrogen-bond donors (Lipinski definition) is 4. The van der Waals surface area contributed by atoms with Gasteiger partial charge in [0.05, 0.1) is 6.04 Å². The van der Waals surface area contributed by atoms with Crippen LogP contribution in [0.5, 0.6) is 5.75 Å². The molecule has 1 fully saturated rings. The molecule has 1 aliphatic heterocycles. The Hall–Kier alpha value is -3.64. The molecule has 1 unspecified atom stereocenters. The molecule has 1 aliphatic rings. The van der Waals surface area contributed by atoms with E-state index in [2.05, 4.69) is 56.4 Å². The molecular formula is C36H58N4O7Si. The summed E-state index contributed by atoms with van der Waals surface area (Å²) in [6.45, 7) is 23.8. The lowest BCUT2D eigenvalue weighted by atomic mass is 9.95. The number of ether oxygens (including phenoxy) is 1. The number of rotatable bonds is 14. The highest BCUT2D eigenvalue weighted by Crippen LogP contribution is 2.37. The number of allylic oxidation sites excluding steroid dienone is 3. The maximum Gasteiger partial charge on any atom is 0.408 e. The molecule has 1 heterocycles. The van der Waals surface area contributed by atoms with E-state index < -0.39 is 62.0 Å². The number of carbonyl (C=O) groups excluding carboxylic acids is 3. The summed E-state index contributed by atoms with van der Waals surface area (Å²) in [6, 6.07) is 3.84. The van der Waals surface area contributed by atoms with Crippen molar-refractivity contribution >= 4 is 32.2 Å². The summed E-state index contributed by atoms with van der Waals surface area (Å²) >= 11 is 0. The molecule has 2 rings (SSSR count). The van der Waals surface area contributed by atoms with E-state index in [9.17, 15) is 24.3 Å². The van der Waals surface area contributed by atoms with Crippen molar-refractivity contribution < 1.29 is 33.4 Å². The van der Waals surface area contributed by atoms with Gasteiger partial charge in [0, 0.05) is 19.5 Å². The summed E-state index contributed by atoms with van der Waals surface area (Å²) in [5, 5.41) is 18.6. The van der Waals surface area contributed by atoms with Crippen LogP contribution in [0.3, 0.4) is 0 Å². The third kappa shape index (κ3) is 12.1. The first-order valence-corrected chi connectivity index (χ1v) is 19.7. The van der Waals surface area contributed by atoms with Crippen LogP contribution in [0.4, 0.5) is 4.79 Å². The molecule has 268 valence electrons. The zero-order valence-corrected chi connectivity index (χ0v) is 31.5. The van der Waals surface area contributed by atoms with Crippen LogP contribution in [-0.4, -0.2) is 85.1 Å². The van der Waals surface area contributed by atoms with E-state index in [-0.39, 0.29) is 30.5 Å². The summed E-state index contributed by atoms with van der Waals surface area (Å²) in [4.78, 5) is 54.8. The van der Waals surface area contributed by atoms with Gasteiger partial charge in [-0.2, -0.15) is 0 Å². The number of carboxylic acids is 1. The first-order valence-electron chi connectivity index (χ1n) is 16.8. The van der Waals surface area contributed by atoms with Gasteiger partial charge in [-0.1, -0.05) is 71.6 Å². The molecule has 0 radical (unpaired) electrons. The average Bonchev–Trinajstić information content (AvgIpc) is 2.95. The Morgan fingerprint density at radius 1 is 1.12 bits per heavy atom. The van der Waals surface area contributed by atoms with Gasteiger partial charge in [0.25, 0.3) is 0 Å². The fourth-order valence-electron chi connectivity index (χ4n) is 5.18. The highest BCUT2D eigenvalue weighted by Gasteiger charge is 2.42. The van der Waals surface area contributed by atoms with E-state index >= 15 is 0 Å². The second-order valence-corrected chi connectivity index (χ2v) is 20.0. The third-order valence-corrected chi connectivity index (χ3v) is 13.1. The number of piperazine rings is 1. The van der Waals surface area contributed by atoms with Crippen molar-refractivity contribution in [2.45, 2.75) is 123 Å². The fraction of sp³-hybridized carbons (Fsp3) is 0.611. The predicted octanol–water partition coefficient (Wildman–Crippen LogP) is 5.42. The minimum atomic E-state index is -2.16. The molecule has 11 nitrogen and oxygen atoms in total. The molecule has 0 aromatic heterocycles. The van der Waals surface area contributed by atoms with Crippen LogP contribution in [0.1, 0.15) is 73.8 Å². The zero-order valence-electron chi connectivity index (χ0n) is 30.5. The van der Waals surface area contributed by atoms with Gasteiger partial charge in [0.2, 0.25) is 20.1 Å². The SMILES string of the molecule is C=C/C=C/CC[C@H]1C(C(=O)O)NCCN1C(=O)[C@H](Cc1cccc(O[Si](C)(C)C(C)(C)C)c1)NC(=O)[C@@H](NC(=O)OC(C)(C)C)C(C)C. The minimum Gasteiger partial charge on any atom is -0.543 e. The number of benzene rings is 1. The maximum atomic E-state index is 14.5. The van der Waals surface area contributed by atoms with Gasteiger partial charge in [0.1, 0.15) is 29.5 Å². The molecule has 12 heteroatoms. The normalized spacial score (nSPS) is 18.6. The summed E-state index contributed by atoms with van der Waals surface area (Å²) in [5.74, 6) is -1.64. The fourth-order valence-corrected chi connectivity index (χ4v) is 6.20. The topological polar surface area (TPSA) is 146 Å². The number of carbonyl (C=O) groups is 4. The van der Waals surface area contributed by atoms with Gasteiger partial charge in [-0.15, -0.1) is 0 Å². The monoisotopic (exact) mass is 686 g/mol. The van der Waals surface area contributed by atoms with Crippen LogP contribution >= 0.6 is 0 Å². The largest absolute Gasteiger partial charge is 0.543 e. The van der Waals surface area contributed by atoms with Crippen LogP contribution in [0.25, 0.3) is 0 Å². The molecule has 1 saturated heterocycles. The Bertz CT molecular complexity index is 1320. The van der Waals surface area contributed by atoms with Crippen LogP contribution in [-0.2, 0) is 25.5 Å². The summed E-state index contributed by atoms with van der Waals surface area (Å²) in [7, 11) is -2.16. The lowest BCUT2D eigenvalue weighted by Gasteiger charge is -2.42. The first-order chi connectivity index (χ1) is 22.2.